The van der Waals surface area contributed by atoms with Gasteiger partial charge in [-0.1, -0.05) is 60.7 Å². The maximum Gasteiger partial charge on any atom is 0.415 e. The summed E-state index contributed by atoms with van der Waals surface area (Å²) in [7, 11) is 1.37. The lowest BCUT2D eigenvalue weighted by Crippen LogP contribution is -2.37. The number of rotatable bonds is 8. The van der Waals surface area contributed by atoms with Crippen molar-refractivity contribution in [3.63, 3.8) is 0 Å². The van der Waals surface area contributed by atoms with E-state index in [9.17, 15) is 9.59 Å². The molecule has 0 saturated carbocycles. The van der Waals surface area contributed by atoms with E-state index in [1.54, 1.807) is 11.8 Å². The number of anilines is 3. The van der Waals surface area contributed by atoms with Gasteiger partial charge in [-0.3, -0.25) is 4.90 Å². The summed E-state index contributed by atoms with van der Waals surface area (Å²) in [4.78, 5) is 38.0. The first kappa shape index (κ1) is 28.3. The second-order valence-corrected chi connectivity index (χ2v) is 10.3. The number of ether oxygens (including phenoxy) is 2. The molecule has 3 aromatic carbocycles. The molecule has 1 aromatic heterocycles. The molecule has 40 heavy (non-hydrogen) atoms. The topological polar surface area (TPSA) is 84.9 Å². The van der Waals surface area contributed by atoms with Crippen LogP contribution in [0, 0.1) is 0 Å². The van der Waals surface area contributed by atoms with Crippen LogP contribution in [-0.4, -0.2) is 40.8 Å². The predicted octanol–water partition coefficient (Wildman–Crippen LogP) is 6.78. The molecule has 0 saturated heterocycles. The molecule has 4 aromatic rings. The SMILES string of the molecule is COC(=O)[C@H](C)N(c1ccccc1)c1cc(-c2ccc(N(Cc3ccccc3)C(=O)OC(C)(C)C)cc2)ncn1. The molecule has 8 nitrogen and oxygen atoms in total. The number of nitrogens with zero attached hydrogens (tertiary/aromatic N) is 4. The smallest absolute Gasteiger partial charge is 0.415 e. The molecule has 0 spiro atoms. The minimum absolute atomic E-state index is 0.365. The molecule has 0 radical (unpaired) electrons. The summed E-state index contributed by atoms with van der Waals surface area (Å²) >= 11 is 0. The lowest BCUT2D eigenvalue weighted by Gasteiger charge is -2.28. The zero-order chi connectivity index (χ0) is 28.7. The Morgan fingerprint density at radius 3 is 2.08 bits per heavy atom. The Morgan fingerprint density at radius 1 is 0.850 bits per heavy atom. The van der Waals surface area contributed by atoms with Gasteiger partial charge in [0, 0.05) is 23.0 Å². The highest BCUT2D eigenvalue weighted by atomic mass is 16.6. The molecule has 0 unspecified atom stereocenters. The quantitative estimate of drug-likeness (QED) is 0.229. The number of carbonyl (C=O) groups excluding carboxylic acids is 2. The van der Waals surface area contributed by atoms with Gasteiger partial charge in [-0.25, -0.2) is 19.6 Å². The Hall–Kier alpha value is -4.72. The van der Waals surface area contributed by atoms with E-state index in [1.807, 2.05) is 117 Å². The number of aromatic nitrogens is 2. The van der Waals surface area contributed by atoms with Crippen LogP contribution in [0.5, 0.6) is 0 Å². The van der Waals surface area contributed by atoms with E-state index in [4.69, 9.17) is 9.47 Å². The van der Waals surface area contributed by atoms with Crippen molar-refractivity contribution in [2.24, 2.45) is 0 Å². The van der Waals surface area contributed by atoms with Gasteiger partial charge in [0.1, 0.15) is 23.8 Å². The zero-order valence-corrected chi connectivity index (χ0v) is 23.4. The number of methoxy groups -OCH3 is 1. The van der Waals surface area contributed by atoms with Crippen LogP contribution in [0.4, 0.5) is 22.0 Å². The molecule has 0 fully saturated rings. The number of amides is 1. The fraction of sp³-hybridized carbons (Fsp3) is 0.250. The molecule has 1 amide bonds. The standard InChI is InChI=1S/C32H34N4O4/c1-23(30(37)39-5)36(27-14-10-7-11-15-27)29-20-28(33-22-34-29)25-16-18-26(19-17-25)35(31(38)40-32(2,3)4)21-24-12-8-6-9-13-24/h6-20,22-23H,21H2,1-5H3/t23-/m0/s1. The first-order valence-electron chi connectivity index (χ1n) is 13.1. The van der Waals surface area contributed by atoms with Crippen LogP contribution in [0.2, 0.25) is 0 Å². The highest BCUT2D eigenvalue weighted by Gasteiger charge is 2.26. The molecule has 1 atom stereocenters. The Labute approximate surface area is 235 Å². The second-order valence-electron chi connectivity index (χ2n) is 10.3. The molecule has 0 bridgehead atoms. The molecule has 0 aliphatic rings. The maximum absolute atomic E-state index is 13.2. The van der Waals surface area contributed by atoms with Gasteiger partial charge in [0.15, 0.2) is 0 Å². The third-order valence-corrected chi connectivity index (χ3v) is 6.14. The van der Waals surface area contributed by atoms with Crippen LogP contribution in [-0.2, 0) is 20.8 Å². The molecule has 0 aliphatic heterocycles. The van der Waals surface area contributed by atoms with Crippen LogP contribution in [0.15, 0.2) is 97.3 Å². The van der Waals surface area contributed by atoms with Crippen molar-refractivity contribution in [3.8, 4) is 11.3 Å². The molecule has 0 N–H and O–H groups in total. The average molecular weight is 539 g/mol. The molecular weight excluding hydrogens is 504 g/mol. The van der Waals surface area contributed by atoms with E-state index in [-0.39, 0.29) is 5.97 Å². The molecular formula is C32H34N4O4. The van der Waals surface area contributed by atoms with Crippen LogP contribution < -0.4 is 9.80 Å². The largest absolute Gasteiger partial charge is 0.467 e. The number of para-hydroxylation sites is 1. The van der Waals surface area contributed by atoms with Crippen LogP contribution >= 0.6 is 0 Å². The van der Waals surface area contributed by atoms with Crippen molar-refractivity contribution in [2.45, 2.75) is 45.9 Å². The molecule has 4 rings (SSSR count). The molecule has 8 heteroatoms. The van der Waals surface area contributed by atoms with E-state index >= 15 is 0 Å². The van der Waals surface area contributed by atoms with Gasteiger partial charge in [-0.15, -0.1) is 0 Å². The highest BCUT2D eigenvalue weighted by Crippen LogP contribution is 2.30. The number of benzene rings is 3. The van der Waals surface area contributed by atoms with E-state index in [0.29, 0.717) is 23.7 Å². The summed E-state index contributed by atoms with van der Waals surface area (Å²) in [5.74, 6) is 0.173. The Balaban J connectivity index is 1.66. The first-order chi connectivity index (χ1) is 19.2. The lowest BCUT2D eigenvalue weighted by molar-refractivity contribution is -0.141. The minimum Gasteiger partial charge on any atom is -0.467 e. The predicted molar refractivity (Wildman–Crippen MR) is 156 cm³/mol. The number of hydrogen-bond acceptors (Lipinski definition) is 7. The van der Waals surface area contributed by atoms with Crippen molar-refractivity contribution in [1.82, 2.24) is 9.97 Å². The van der Waals surface area contributed by atoms with E-state index in [2.05, 4.69) is 9.97 Å². The van der Waals surface area contributed by atoms with E-state index in [0.717, 1.165) is 16.8 Å². The van der Waals surface area contributed by atoms with Crippen molar-refractivity contribution in [2.75, 3.05) is 16.9 Å². The van der Waals surface area contributed by atoms with Crippen LogP contribution in [0.25, 0.3) is 11.3 Å². The summed E-state index contributed by atoms with van der Waals surface area (Å²) in [6, 6.07) is 28.1. The molecule has 1 heterocycles. The average Bonchev–Trinajstić information content (AvgIpc) is 2.96. The third kappa shape index (κ3) is 7.02. The number of carbonyl (C=O) groups is 2. The highest BCUT2D eigenvalue weighted by molar-refractivity contribution is 5.88. The number of esters is 1. The fourth-order valence-corrected chi connectivity index (χ4v) is 4.21. The van der Waals surface area contributed by atoms with Crippen LogP contribution in [0.3, 0.4) is 0 Å². The summed E-state index contributed by atoms with van der Waals surface area (Å²) in [6.07, 6.45) is 1.05. The monoisotopic (exact) mass is 538 g/mol. The van der Waals surface area contributed by atoms with Gasteiger partial charge >= 0.3 is 12.1 Å². The maximum atomic E-state index is 13.2. The van der Waals surface area contributed by atoms with Gasteiger partial charge < -0.3 is 14.4 Å². The van der Waals surface area contributed by atoms with Gasteiger partial charge in [-0.05, 0) is 57.5 Å². The molecule has 0 aliphatic carbocycles. The van der Waals surface area contributed by atoms with E-state index < -0.39 is 17.7 Å². The first-order valence-corrected chi connectivity index (χ1v) is 13.1. The summed E-state index contributed by atoms with van der Waals surface area (Å²) in [6.45, 7) is 7.68. The lowest BCUT2D eigenvalue weighted by atomic mass is 10.1. The van der Waals surface area contributed by atoms with Gasteiger partial charge in [0.05, 0.1) is 19.3 Å². The Bertz CT molecular complexity index is 1420. The Kier molecular flexibility index (Phi) is 8.79. The van der Waals surface area contributed by atoms with Crippen molar-refractivity contribution in [1.29, 1.82) is 0 Å². The van der Waals surface area contributed by atoms with Crippen molar-refractivity contribution < 1.29 is 19.1 Å². The zero-order valence-electron chi connectivity index (χ0n) is 23.4. The molecule has 206 valence electrons. The second kappa shape index (κ2) is 12.4. The Morgan fingerprint density at radius 2 is 1.48 bits per heavy atom. The third-order valence-electron chi connectivity index (χ3n) is 6.14. The summed E-state index contributed by atoms with van der Waals surface area (Å²) in [5, 5.41) is 0. The number of hydrogen-bond donors (Lipinski definition) is 0. The fourth-order valence-electron chi connectivity index (χ4n) is 4.21. The minimum atomic E-state index is -0.630. The normalized spacial score (nSPS) is 11.8. The van der Waals surface area contributed by atoms with Gasteiger partial charge in [0.25, 0.3) is 0 Å². The van der Waals surface area contributed by atoms with Gasteiger partial charge in [0.2, 0.25) is 0 Å². The van der Waals surface area contributed by atoms with Crippen molar-refractivity contribution in [3.05, 3.63) is 103 Å². The summed E-state index contributed by atoms with van der Waals surface area (Å²) in [5.41, 5.74) is 3.35. The van der Waals surface area contributed by atoms with Crippen molar-refractivity contribution >= 4 is 29.3 Å². The van der Waals surface area contributed by atoms with E-state index in [1.165, 1.54) is 13.4 Å². The van der Waals surface area contributed by atoms with Gasteiger partial charge in [-0.2, -0.15) is 0 Å². The van der Waals surface area contributed by atoms with Crippen LogP contribution in [0.1, 0.15) is 33.3 Å². The summed E-state index contributed by atoms with van der Waals surface area (Å²) < 4.78 is 10.7.